The zero-order valence-electron chi connectivity index (χ0n) is 12.0. The lowest BCUT2D eigenvalue weighted by Gasteiger charge is -2.25. The van der Waals surface area contributed by atoms with Gasteiger partial charge in [0.05, 0.1) is 6.04 Å². The molecular formula is C16H20N4. The van der Waals surface area contributed by atoms with Gasteiger partial charge in [0.2, 0.25) is 5.95 Å². The predicted molar refractivity (Wildman–Crippen MR) is 81.7 cm³/mol. The second-order valence-corrected chi connectivity index (χ2v) is 5.50. The van der Waals surface area contributed by atoms with Crippen molar-refractivity contribution >= 4 is 11.8 Å². The van der Waals surface area contributed by atoms with Crippen molar-refractivity contribution < 1.29 is 0 Å². The molecule has 0 aliphatic carbocycles. The minimum atomic E-state index is 0.359. The van der Waals surface area contributed by atoms with Crippen molar-refractivity contribution in [1.82, 2.24) is 9.97 Å². The fraction of sp³-hybridized carbons (Fsp3) is 0.375. The Balaban J connectivity index is 1.92. The number of nitrogens with zero attached hydrogens (tertiary/aromatic N) is 3. The van der Waals surface area contributed by atoms with Gasteiger partial charge in [-0.1, -0.05) is 29.8 Å². The topological polar surface area (TPSA) is 55.0 Å². The lowest BCUT2D eigenvalue weighted by atomic mass is 10.0. The highest BCUT2D eigenvalue weighted by molar-refractivity contribution is 5.46. The molecule has 2 N–H and O–H groups in total. The molecular weight excluding hydrogens is 248 g/mol. The molecule has 4 heteroatoms. The van der Waals surface area contributed by atoms with E-state index in [0.717, 1.165) is 30.9 Å². The van der Waals surface area contributed by atoms with Gasteiger partial charge in [0.1, 0.15) is 5.82 Å². The molecule has 1 aliphatic heterocycles. The van der Waals surface area contributed by atoms with Gasteiger partial charge in [0.15, 0.2) is 0 Å². The van der Waals surface area contributed by atoms with E-state index in [2.05, 4.69) is 46.1 Å². The molecule has 104 valence electrons. The molecule has 1 unspecified atom stereocenters. The van der Waals surface area contributed by atoms with Crippen LogP contribution in [0.4, 0.5) is 11.8 Å². The first-order valence-corrected chi connectivity index (χ1v) is 7.07. The van der Waals surface area contributed by atoms with Crippen molar-refractivity contribution in [3.05, 3.63) is 47.2 Å². The number of hydrogen-bond acceptors (Lipinski definition) is 4. The smallest absolute Gasteiger partial charge is 0.227 e. The van der Waals surface area contributed by atoms with E-state index in [1.807, 2.05) is 13.1 Å². The highest BCUT2D eigenvalue weighted by Gasteiger charge is 2.28. The van der Waals surface area contributed by atoms with E-state index in [0.29, 0.717) is 11.9 Å². The summed E-state index contributed by atoms with van der Waals surface area (Å²) in [6, 6.07) is 9.09. The molecule has 1 saturated heterocycles. The van der Waals surface area contributed by atoms with Crippen molar-refractivity contribution in [3.8, 4) is 0 Å². The van der Waals surface area contributed by atoms with Crippen molar-refractivity contribution in [2.75, 3.05) is 17.2 Å². The highest BCUT2D eigenvalue weighted by Crippen LogP contribution is 2.34. The molecule has 0 saturated carbocycles. The normalized spacial score (nSPS) is 18.5. The van der Waals surface area contributed by atoms with Crippen molar-refractivity contribution in [2.45, 2.75) is 32.7 Å². The maximum atomic E-state index is 5.91. The number of aromatic nitrogens is 2. The van der Waals surface area contributed by atoms with Crippen molar-refractivity contribution in [2.24, 2.45) is 0 Å². The van der Waals surface area contributed by atoms with Gasteiger partial charge < -0.3 is 10.6 Å². The number of benzene rings is 1. The first-order valence-electron chi connectivity index (χ1n) is 7.07. The average Bonchev–Trinajstić information content (AvgIpc) is 2.92. The molecule has 2 heterocycles. The molecule has 1 aromatic carbocycles. The van der Waals surface area contributed by atoms with Gasteiger partial charge in [-0.05, 0) is 32.3 Å². The lowest BCUT2D eigenvalue weighted by Crippen LogP contribution is -2.25. The number of rotatable bonds is 2. The summed E-state index contributed by atoms with van der Waals surface area (Å²) in [6.45, 7) is 5.03. The molecule has 0 radical (unpaired) electrons. The molecule has 1 aromatic heterocycles. The van der Waals surface area contributed by atoms with Gasteiger partial charge in [-0.2, -0.15) is 4.98 Å². The van der Waals surface area contributed by atoms with E-state index in [-0.39, 0.29) is 0 Å². The quantitative estimate of drug-likeness (QED) is 0.909. The number of nitrogen functional groups attached to an aromatic ring is 1. The maximum absolute atomic E-state index is 5.91. The second kappa shape index (κ2) is 5.12. The zero-order chi connectivity index (χ0) is 14.1. The van der Waals surface area contributed by atoms with Crippen LogP contribution in [-0.4, -0.2) is 16.5 Å². The molecule has 4 nitrogen and oxygen atoms in total. The SMILES string of the molecule is Cc1ccc(C2CCCN2c2ncc(C)c(N)n2)cc1. The summed E-state index contributed by atoms with van der Waals surface area (Å²) in [6.07, 6.45) is 4.11. The Hall–Kier alpha value is -2.10. The Kier molecular flexibility index (Phi) is 3.30. The van der Waals surface area contributed by atoms with Gasteiger partial charge in [-0.25, -0.2) is 4.98 Å². The van der Waals surface area contributed by atoms with Crippen LogP contribution in [0.1, 0.15) is 35.6 Å². The lowest BCUT2D eigenvalue weighted by molar-refractivity contribution is 0.701. The molecule has 20 heavy (non-hydrogen) atoms. The Morgan fingerprint density at radius 3 is 2.65 bits per heavy atom. The molecule has 1 fully saturated rings. The Morgan fingerprint density at radius 2 is 1.95 bits per heavy atom. The van der Waals surface area contributed by atoms with Crippen LogP contribution in [0.5, 0.6) is 0 Å². The first kappa shape index (κ1) is 12.9. The van der Waals surface area contributed by atoms with Crippen LogP contribution in [0, 0.1) is 13.8 Å². The molecule has 1 aliphatic rings. The molecule has 3 rings (SSSR count). The van der Waals surface area contributed by atoms with Gasteiger partial charge >= 0.3 is 0 Å². The summed E-state index contributed by atoms with van der Waals surface area (Å²) in [4.78, 5) is 11.2. The van der Waals surface area contributed by atoms with Gasteiger partial charge in [0.25, 0.3) is 0 Å². The van der Waals surface area contributed by atoms with Crippen LogP contribution >= 0.6 is 0 Å². The molecule has 1 atom stereocenters. The summed E-state index contributed by atoms with van der Waals surface area (Å²) in [5, 5.41) is 0. The third kappa shape index (κ3) is 2.33. The minimum Gasteiger partial charge on any atom is -0.383 e. The fourth-order valence-corrected chi connectivity index (χ4v) is 2.73. The van der Waals surface area contributed by atoms with Crippen LogP contribution in [0.15, 0.2) is 30.5 Å². The Bertz CT molecular complexity index is 606. The summed E-state index contributed by atoms with van der Waals surface area (Å²) in [5.74, 6) is 1.32. The van der Waals surface area contributed by atoms with E-state index in [4.69, 9.17) is 5.73 Å². The number of hydrogen-bond donors (Lipinski definition) is 1. The van der Waals surface area contributed by atoms with Crippen molar-refractivity contribution in [3.63, 3.8) is 0 Å². The molecule has 0 bridgehead atoms. The van der Waals surface area contributed by atoms with Crippen LogP contribution < -0.4 is 10.6 Å². The monoisotopic (exact) mass is 268 g/mol. The third-order valence-electron chi connectivity index (χ3n) is 3.97. The van der Waals surface area contributed by atoms with Crippen LogP contribution in [0.25, 0.3) is 0 Å². The summed E-state index contributed by atoms with van der Waals surface area (Å²) < 4.78 is 0. The predicted octanol–water partition coefficient (Wildman–Crippen LogP) is 3.02. The van der Waals surface area contributed by atoms with Crippen LogP contribution in [-0.2, 0) is 0 Å². The van der Waals surface area contributed by atoms with E-state index >= 15 is 0 Å². The standard InChI is InChI=1S/C16H20N4/c1-11-5-7-13(8-6-11)14-4-3-9-20(14)16-18-10-12(2)15(17)19-16/h5-8,10,14H,3-4,9H2,1-2H3,(H2,17,18,19). The highest BCUT2D eigenvalue weighted by atomic mass is 15.3. The van der Waals surface area contributed by atoms with Crippen LogP contribution in [0.3, 0.4) is 0 Å². The van der Waals surface area contributed by atoms with Gasteiger partial charge in [0, 0.05) is 18.3 Å². The van der Waals surface area contributed by atoms with E-state index in [1.165, 1.54) is 11.1 Å². The number of anilines is 2. The van der Waals surface area contributed by atoms with Crippen LogP contribution in [0.2, 0.25) is 0 Å². The number of aryl methyl sites for hydroxylation is 2. The number of nitrogens with two attached hydrogens (primary N) is 1. The van der Waals surface area contributed by atoms with E-state index in [9.17, 15) is 0 Å². The van der Waals surface area contributed by atoms with Gasteiger partial charge in [-0.15, -0.1) is 0 Å². The third-order valence-corrected chi connectivity index (χ3v) is 3.97. The second-order valence-electron chi connectivity index (χ2n) is 5.50. The van der Waals surface area contributed by atoms with Gasteiger partial charge in [-0.3, -0.25) is 0 Å². The molecule has 2 aromatic rings. The Morgan fingerprint density at radius 1 is 1.20 bits per heavy atom. The van der Waals surface area contributed by atoms with Crippen molar-refractivity contribution in [1.29, 1.82) is 0 Å². The first-order chi connectivity index (χ1) is 9.65. The summed E-state index contributed by atoms with van der Waals surface area (Å²) in [5.41, 5.74) is 9.46. The summed E-state index contributed by atoms with van der Waals surface area (Å²) >= 11 is 0. The summed E-state index contributed by atoms with van der Waals surface area (Å²) in [7, 11) is 0. The molecule has 0 spiro atoms. The minimum absolute atomic E-state index is 0.359. The largest absolute Gasteiger partial charge is 0.383 e. The molecule has 0 amide bonds. The van der Waals surface area contributed by atoms with E-state index in [1.54, 1.807) is 0 Å². The Labute approximate surface area is 119 Å². The average molecular weight is 268 g/mol. The maximum Gasteiger partial charge on any atom is 0.227 e. The zero-order valence-corrected chi connectivity index (χ0v) is 12.0. The fourth-order valence-electron chi connectivity index (χ4n) is 2.73. The van der Waals surface area contributed by atoms with E-state index < -0.39 is 0 Å².